The van der Waals surface area contributed by atoms with Gasteiger partial charge in [0, 0.05) is 17.6 Å². The molecule has 12 heteroatoms. The van der Waals surface area contributed by atoms with Crippen molar-refractivity contribution in [2.75, 3.05) is 26.6 Å². The van der Waals surface area contributed by atoms with Crippen molar-refractivity contribution in [3.63, 3.8) is 0 Å². The Morgan fingerprint density at radius 2 is 1.89 bits per heavy atom. The molecule has 0 radical (unpaired) electrons. The third-order valence-corrected chi connectivity index (χ3v) is 7.64. The van der Waals surface area contributed by atoms with Crippen LogP contribution in [0.15, 0.2) is 36.4 Å². The summed E-state index contributed by atoms with van der Waals surface area (Å²) in [6.07, 6.45) is 5.12. The monoisotopic (exact) mass is 625 g/mol. The fourth-order valence-corrected chi connectivity index (χ4v) is 5.07. The SMILES string of the molecule is CC.CCCC(OC(=O)C1(/C=C/c2ccc3ccc(CC)nc3c2)COCOC1)C(=O)NC(C)C(=O)N1CCCC(C(N)=O)N1. The average molecular weight is 626 g/mol. The maximum Gasteiger partial charge on any atom is 0.321 e. The van der Waals surface area contributed by atoms with Gasteiger partial charge >= 0.3 is 5.97 Å². The van der Waals surface area contributed by atoms with E-state index in [4.69, 9.17) is 19.9 Å². The molecule has 246 valence electrons. The zero-order valence-electron chi connectivity index (χ0n) is 27.0. The molecule has 0 aliphatic carbocycles. The number of primary amides is 1. The van der Waals surface area contributed by atoms with Gasteiger partial charge in [-0.3, -0.25) is 29.2 Å². The number of hydrogen-bond donors (Lipinski definition) is 3. The number of nitrogens with zero attached hydrogens (tertiary/aromatic N) is 2. The first-order valence-electron chi connectivity index (χ1n) is 15.8. The average Bonchev–Trinajstić information content (AvgIpc) is 3.07. The molecule has 2 fully saturated rings. The molecule has 2 aliphatic heterocycles. The summed E-state index contributed by atoms with van der Waals surface area (Å²) in [5.74, 6) is -2.23. The highest BCUT2D eigenvalue weighted by molar-refractivity contribution is 5.91. The Morgan fingerprint density at radius 1 is 1.18 bits per heavy atom. The molecule has 0 spiro atoms. The lowest BCUT2D eigenvalue weighted by Crippen LogP contribution is -2.60. The van der Waals surface area contributed by atoms with Crippen molar-refractivity contribution in [3.05, 3.63) is 47.7 Å². The second-order valence-electron chi connectivity index (χ2n) is 11.0. The van der Waals surface area contributed by atoms with Crippen molar-refractivity contribution >= 4 is 40.7 Å². The molecule has 2 aromatic rings. The van der Waals surface area contributed by atoms with E-state index < -0.39 is 47.3 Å². The molecule has 12 nitrogen and oxygen atoms in total. The zero-order chi connectivity index (χ0) is 33.0. The maximum atomic E-state index is 13.6. The normalized spacial score (nSPS) is 19.2. The first-order valence-corrected chi connectivity index (χ1v) is 15.8. The molecular weight excluding hydrogens is 578 g/mol. The highest BCUT2D eigenvalue weighted by Gasteiger charge is 2.43. The summed E-state index contributed by atoms with van der Waals surface area (Å²) in [4.78, 5) is 56.1. The molecule has 3 heterocycles. The second-order valence-corrected chi connectivity index (χ2v) is 11.0. The third kappa shape index (κ3) is 9.32. The van der Waals surface area contributed by atoms with Gasteiger partial charge in [0.05, 0.1) is 18.7 Å². The van der Waals surface area contributed by atoms with Crippen LogP contribution in [0.4, 0.5) is 0 Å². The fraction of sp³-hybridized carbons (Fsp3) is 0.545. The molecule has 45 heavy (non-hydrogen) atoms. The number of hydrogen-bond acceptors (Lipinski definition) is 9. The number of ether oxygens (including phenoxy) is 3. The number of carbonyl (C=O) groups excluding carboxylic acids is 4. The number of nitrogens with one attached hydrogen (secondary N) is 2. The molecule has 3 atom stereocenters. The number of esters is 1. The first kappa shape index (κ1) is 35.6. The summed E-state index contributed by atoms with van der Waals surface area (Å²) in [5, 5.41) is 4.97. The van der Waals surface area contributed by atoms with Crippen LogP contribution in [0.25, 0.3) is 17.0 Å². The number of amides is 3. The molecule has 1 aromatic heterocycles. The maximum absolute atomic E-state index is 13.6. The number of aromatic nitrogens is 1. The van der Waals surface area contributed by atoms with Crippen molar-refractivity contribution in [2.45, 2.75) is 84.9 Å². The van der Waals surface area contributed by atoms with Gasteiger partial charge in [0.15, 0.2) is 6.10 Å². The lowest BCUT2D eigenvalue weighted by molar-refractivity contribution is -0.191. The highest BCUT2D eigenvalue weighted by Crippen LogP contribution is 2.29. The van der Waals surface area contributed by atoms with E-state index in [1.807, 2.05) is 58.0 Å². The minimum absolute atomic E-state index is 0.0190. The number of aryl methyl sites for hydroxylation is 1. The van der Waals surface area contributed by atoms with Gasteiger partial charge in [0.25, 0.3) is 11.8 Å². The van der Waals surface area contributed by atoms with Crippen LogP contribution in [0.1, 0.15) is 71.6 Å². The van der Waals surface area contributed by atoms with Crippen LogP contribution >= 0.6 is 0 Å². The van der Waals surface area contributed by atoms with Crippen molar-refractivity contribution in [1.29, 1.82) is 0 Å². The Balaban J connectivity index is 0.00000271. The number of fused-ring (bicyclic) bond motifs is 1. The molecular formula is C33H47N5O7. The Hall–Kier alpha value is -3.87. The molecule has 0 bridgehead atoms. The molecule has 2 aliphatic rings. The van der Waals surface area contributed by atoms with Gasteiger partial charge in [0.1, 0.15) is 24.3 Å². The summed E-state index contributed by atoms with van der Waals surface area (Å²) in [6, 6.07) is 8.30. The number of carbonyl (C=O) groups is 4. The molecule has 3 amide bonds. The van der Waals surface area contributed by atoms with E-state index in [0.29, 0.717) is 25.8 Å². The van der Waals surface area contributed by atoms with E-state index in [0.717, 1.165) is 28.6 Å². The molecule has 0 saturated carbocycles. The zero-order valence-corrected chi connectivity index (χ0v) is 27.0. The van der Waals surface area contributed by atoms with Crippen molar-refractivity contribution < 1.29 is 33.4 Å². The Labute approximate surface area is 265 Å². The molecule has 2 saturated heterocycles. The number of benzene rings is 1. The van der Waals surface area contributed by atoms with Gasteiger partial charge in [-0.15, -0.1) is 0 Å². The topological polar surface area (TPSA) is 162 Å². The number of nitrogens with two attached hydrogens (primary N) is 1. The van der Waals surface area contributed by atoms with Crippen LogP contribution in [0.2, 0.25) is 0 Å². The smallest absolute Gasteiger partial charge is 0.321 e. The predicted octanol–water partition coefficient (Wildman–Crippen LogP) is 3.02. The van der Waals surface area contributed by atoms with Gasteiger partial charge in [-0.05, 0) is 50.3 Å². The molecule has 4 rings (SSSR count). The van der Waals surface area contributed by atoms with Gasteiger partial charge in [-0.2, -0.15) is 0 Å². The summed E-state index contributed by atoms with van der Waals surface area (Å²) in [5.41, 5.74) is 9.60. The van der Waals surface area contributed by atoms with Gasteiger partial charge < -0.3 is 25.3 Å². The van der Waals surface area contributed by atoms with E-state index in [1.54, 1.807) is 12.2 Å². The van der Waals surface area contributed by atoms with Crippen molar-refractivity contribution in [2.24, 2.45) is 11.1 Å². The summed E-state index contributed by atoms with van der Waals surface area (Å²) < 4.78 is 16.8. The van der Waals surface area contributed by atoms with E-state index in [-0.39, 0.29) is 26.4 Å². The lowest BCUT2D eigenvalue weighted by atomic mass is 9.88. The summed E-state index contributed by atoms with van der Waals surface area (Å²) in [6.45, 7) is 9.91. The standard InChI is InChI=1S/C31H41N5O7.C2H6/c1-4-7-26(28(38)33-20(3)29(39)36-15-6-8-24(35-36)27(32)37)43-30(40)31(17-41-19-42-18-31)14-13-21-9-10-22-11-12-23(5-2)34-25(22)16-21;1-2/h9-14,16,20,24,26,35H,4-8,15,17-19H2,1-3H3,(H2,32,37)(H,33,38);1-2H3/b14-13+;. The summed E-state index contributed by atoms with van der Waals surface area (Å²) in [7, 11) is 0. The number of rotatable bonds is 11. The minimum atomic E-state index is -1.28. The minimum Gasteiger partial charge on any atom is -0.451 e. The lowest BCUT2D eigenvalue weighted by Gasteiger charge is -2.35. The van der Waals surface area contributed by atoms with Crippen LogP contribution in [0.5, 0.6) is 0 Å². The van der Waals surface area contributed by atoms with Crippen LogP contribution < -0.4 is 16.5 Å². The summed E-state index contributed by atoms with van der Waals surface area (Å²) >= 11 is 0. The Kier molecular flexibility index (Phi) is 13.4. The van der Waals surface area contributed by atoms with Gasteiger partial charge in [-0.25, -0.2) is 5.43 Å². The van der Waals surface area contributed by atoms with E-state index >= 15 is 0 Å². The largest absolute Gasteiger partial charge is 0.451 e. The van der Waals surface area contributed by atoms with Crippen LogP contribution in [0.3, 0.4) is 0 Å². The van der Waals surface area contributed by atoms with Crippen molar-refractivity contribution in [1.82, 2.24) is 20.7 Å². The fourth-order valence-electron chi connectivity index (χ4n) is 5.07. The van der Waals surface area contributed by atoms with Crippen LogP contribution in [-0.2, 0) is 39.8 Å². The van der Waals surface area contributed by atoms with Crippen LogP contribution in [-0.4, -0.2) is 78.4 Å². The number of hydrazine groups is 1. The van der Waals surface area contributed by atoms with E-state index in [2.05, 4.69) is 15.7 Å². The molecule has 4 N–H and O–H groups in total. The quantitative estimate of drug-likeness (QED) is 0.319. The van der Waals surface area contributed by atoms with Crippen LogP contribution in [0, 0.1) is 5.41 Å². The Bertz CT molecular complexity index is 1360. The highest BCUT2D eigenvalue weighted by atomic mass is 16.7. The number of pyridine rings is 1. The molecule has 1 aromatic carbocycles. The predicted molar refractivity (Wildman–Crippen MR) is 170 cm³/mol. The van der Waals surface area contributed by atoms with Gasteiger partial charge in [0.2, 0.25) is 5.91 Å². The van der Waals surface area contributed by atoms with E-state index in [9.17, 15) is 19.2 Å². The van der Waals surface area contributed by atoms with Gasteiger partial charge in [-0.1, -0.05) is 64.5 Å². The Morgan fingerprint density at radius 3 is 2.56 bits per heavy atom. The van der Waals surface area contributed by atoms with E-state index in [1.165, 1.54) is 11.9 Å². The molecule has 3 unspecified atom stereocenters. The third-order valence-electron chi connectivity index (χ3n) is 7.64. The second kappa shape index (κ2) is 17.0. The first-order chi connectivity index (χ1) is 21.7. The van der Waals surface area contributed by atoms with Crippen molar-refractivity contribution in [3.8, 4) is 0 Å².